The average molecular weight is 248 g/mol. The number of aldehydes is 1. The number of carboxylic acids is 2. The van der Waals surface area contributed by atoms with Crippen molar-refractivity contribution >= 4 is 30.2 Å². The second kappa shape index (κ2) is 6.33. The summed E-state index contributed by atoms with van der Waals surface area (Å²) in [7, 11) is 0. The van der Waals surface area contributed by atoms with Crippen molar-refractivity contribution in [1.29, 1.82) is 0 Å². The molecule has 94 valence electrons. The van der Waals surface area contributed by atoms with Gasteiger partial charge in [-0.25, -0.2) is 9.59 Å². The molecule has 2 atom stereocenters. The summed E-state index contributed by atoms with van der Waals surface area (Å²) in [5, 5.41) is 25.9. The summed E-state index contributed by atoms with van der Waals surface area (Å²) in [6, 6.07) is 0. The molecule has 0 aliphatic carbocycles. The van der Waals surface area contributed by atoms with Gasteiger partial charge in [0.05, 0.1) is 6.42 Å². The van der Waals surface area contributed by atoms with Crippen LogP contribution >= 0.6 is 0 Å². The molecule has 0 heterocycles. The van der Waals surface area contributed by atoms with Gasteiger partial charge >= 0.3 is 23.9 Å². The number of aliphatic hydroxyl groups excluding tert-OH is 1. The molecule has 0 aromatic carbocycles. The Kier molecular flexibility index (Phi) is 5.47. The first kappa shape index (κ1) is 14.7. The van der Waals surface area contributed by atoms with Gasteiger partial charge in [0.2, 0.25) is 6.29 Å². The lowest BCUT2D eigenvalue weighted by molar-refractivity contribution is -0.167. The van der Waals surface area contributed by atoms with Crippen molar-refractivity contribution < 1.29 is 44.0 Å². The highest BCUT2D eigenvalue weighted by Gasteiger charge is 2.34. The molecule has 17 heavy (non-hydrogen) atoms. The van der Waals surface area contributed by atoms with E-state index in [4.69, 9.17) is 15.3 Å². The van der Waals surface area contributed by atoms with Crippen LogP contribution in [0.4, 0.5) is 0 Å². The second-order valence-electron chi connectivity index (χ2n) is 2.84. The van der Waals surface area contributed by atoms with Crippen molar-refractivity contribution in [2.24, 2.45) is 5.92 Å². The van der Waals surface area contributed by atoms with Crippen molar-refractivity contribution in [3.8, 4) is 0 Å². The highest BCUT2D eigenvalue weighted by Crippen LogP contribution is 2.11. The summed E-state index contributed by atoms with van der Waals surface area (Å²) in [5.74, 6) is -8.53. The van der Waals surface area contributed by atoms with Gasteiger partial charge in [0.15, 0.2) is 6.10 Å². The van der Waals surface area contributed by atoms with Crippen LogP contribution in [0.1, 0.15) is 6.42 Å². The number of carbonyl (C=O) groups is 5. The molecule has 9 heteroatoms. The number of hydrogen-bond donors (Lipinski definition) is 3. The Morgan fingerprint density at radius 1 is 1.12 bits per heavy atom. The Labute approximate surface area is 93.6 Å². The van der Waals surface area contributed by atoms with Crippen molar-refractivity contribution in [3.05, 3.63) is 0 Å². The van der Waals surface area contributed by atoms with E-state index in [1.165, 1.54) is 0 Å². The molecule has 0 radical (unpaired) electrons. The Bertz CT molecular complexity index is 358. The molecule has 0 saturated heterocycles. The summed E-state index contributed by atoms with van der Waals surface area (Å²) >= 11 is 0. The Morgan fingerprint density at radius 3 is 2.00 bits per heavy atom. The Balaban J connectivity index is 4.61. The maximum atomic E-state index is 10.9. The Morgan fingerprint density at radius 2 is 1.65 bits per heavy atom. The maximum Gasteiger partial charge on any atom is 0.378 e. The molecule has 0 fully saturated rings. The molecule has 0 rings (SSSR count). The van der Waals surface area contributed by atoms with Gasteiger partial charge in [-0.3, -0.25) is 14.4 Å². The lowest BCUT2D eigenvalue weighted by atomic mass is 9.99. The number of aliphatic carboxylic acids is 2. The summed E-state index contributed by atoms with van der Waals surface area (Å²) in [5.41, 5.74) is 0. The highest BCUT2D eigenvalue weighted by atomic mass is 16.6. The van der Waals surface area contributed by atoms with Crippen LogP contribution in [0.2, 0.25) is 0 Å². The zero-order valence-corrected chi connectivity index (χ0v) is 8.23. The zero-order chi connectivity index (χ0) is 13.6. The molecule has 0 aromatic rings. The topological polar surface area (TPSA) is 155 Å². The fraction of sp³-hybridized carbons (Fsp3) is 0.375. The van der Waals surface area contributed by atoms with Crippen LogP contribution in [0.3, 0.4) is 0 Å². The standard InChI is InChI=1S/C8H8O9/c9-2-5(11)17-4(10)1-3(7(13)14)6(12)8(15)16/h2-3,6,12H,1H2,(H,13,14)(H,15,16). The van der Waals surface area contributed by atoms with E-state index in [2.05, 4.69) is 4.74 Å². The largest absolute Gasteiger partial charge is 0.481 e. The van der Waals surface area contributed by atoms with Gasteiger partial charge in [-0.15, -0.1) is 0 Å². The van der Waals surface area contributed by atoms with Gasteiger partial charge in [-0.2, -0.15) is 0 Å². The quantitative estimate of drug-likeness (QED) is 0.205. The zero-order valence-electron chi connectivity index (χ0n) is 8.23. The van der Waals surface area contributed by atoms with Crippen LogP contribution in [0, 0.1) is 5.92 Å². The van der Waals surface area contributed by atoms with Gasteiger partial charge in [0.25, 0.3) is 0 Å². The van der Waals surface area contributed by atoms with Crippen LogP contribution < -0.4 is 0 Å². The van der Waals surface area contributed by atoms with Crippen LogP contribution in [0.5, 0.6) is 0 Å². The van der Waals surface area contributed by atoms with E-state index < -0.39 is 42.3 Å². The number of aliphatic hydroxyl groups is 1. The summed E-state index contributed by atoms with van der Waals surface area (Å²) in [6.07, 6.45) is -3.70. The normalized spacial score (nSPS) is 13.2. The molecule has 0 bridgehead atoms. The van der Waals surface area contributed by atoms with E-state index in [9.17, 15) is 24.0 Å². The van der Waals surface area contributed by atoms with Crippen LogP contribution in [-0.4, -0.2) is 51.6 Å². The fourth-order valence-corrected chi connectivity index (χ4v) is 0.864. The first-order valence-electron chi connectivity index (χ1n) is 4.13. The predicted octanol–water partition coefficient (Wildman–Crippen LogP) is -2.21. The van der Waals surface area contributed by atoms with E-state index in [1.54, 1.807) is 0 Å². The van der Waals surface area contributed by atoms with Gasteiger partial charge in [0.1, 0.15) is 5.92 Å². The molecule has 9 nitrogen and oxygen atoms in total. The first-order valence-corrected chi connectivity index (χ1v) is 4.13. The summed E-state index contributed by atoms with van der Waals surface area (Å²) in [4.78, 5) is 51.9. The molecule has 0 saturated carbocycles. The van der Waals surface area contributed by atoms with Crippen LogP contribution in [0.25, 0.3) is 0 Å². The molecule has 0 aliphatic rings. The van der Waals surface area contributed by atoms with Crippen LogP contribution in [0.15, 0.2) is 0 Å². The molecule has 0 aliphatic heterocycles. The predicted molar refractivity (Wildman–Crippen MR) is 46.5 cm³/mol. The molecule has 2 unspecified atom stereocenters. The lowest BCUT2D eigenvalue weighted by Gasteiger charge is -2.13. The average Bonchev–Trinajstić information content (AvgIpc) is 2.24. The highest BCUT2D eigenvalue weighted by molar-refractivity contribution is 6.22. The van der Waals surface area contributed by atoms with E-state index in [1.807, 2.05) is 0 Å². The molecule has 0 amide bonds. The lowest BCUT2D eigenvalue weighted by Crippen LogP contribution is -2.36. The molecular weight excluding hydrogens is 240 g/mol. The number of hydrogen-bond acceptors (Lipinski definition) is 7. The molecular formula is C8H8O9. The number of carbonyl (C=O) groups excluding carboxylic acids is 3. The third-order valence-corrected chi connectivity index (χ3v) is 1.65. The maximum absolute atomic E-state index is 10.9. The van der Waals surface area contributed by atoms with E-state index in [0.29, 0.717) is 0 Å². The van der Waals surface area contributed by atoms with Crippen molar-refractivity contribution in [2.75, 3.05) is 0 Å². The van der Waals surface area contributed by atoms with E-state index in [-0.39, 0.29) is 6.29 Å². The van der Waals surface area contributed by atoms with Gasteiger partial charge in [-0.05, 0) is 0 Å². The third kappa shape index (κ3) is 4.84. The first-order chi connectivity index (χ1) is 7.79. The molecule has 0 aromatic heterocycles. The number of carboxylic acid groups (broad SMARTS) is 2. The van der Waals surface area contributed by atoms with Gasteiger partial charge in [0, 0.05) is 0 Å². The monoisotopic (exact) mass is 248 g/mol. The minimum absolute atomic E-state index is 0.318. The SMILES string of the molecule is O=CC(=O)OC(=O)CC(C(=O)O)C(O)C(=O)O. The third-order valence-electron chi connectivity index (χ3n) is 1.65. The van der Waals surface area contributed by atoms with Crippen molar-refractivity contribution in [1.82, 2.24) is 0 Å². The van der Waals surface area contributed by atoms with Gasteiger partial charge in [-0.1, -0.05) is 0 Å². The number of esters is 2. The van der Waals surface area contributed by atoms with Gasteiger partial charge < -0.3 is 20.1 Å². The second-order valence-corrected chi connectivity index (χ2v) is 2.84. The summed E-state index contributed by atoms with van der Waals surface area (Å²) < 4.78 is 3.80. The van der Waals surface area contributed by atoms with Crippen LogP contribution in [-0.2, 0) is 28.7 Å². The Hall–Kier alpha value is -2.29. The van der Waals surface area contributed by atoms with E-state index >= 15 is 0 Å². The summed E-state index contributed by atoms with van der Waals surface area (Å²) in [6.45, 7) is 0. The minimum atomic E-state index is -2.33. The smallest absolute Gasteiger partial charge is 0.378 e. The van der Waals surface area contributed by atoms with Crippen molar-refractivity contribution in [2.45, 2.75) is 12.5 Å². The van der Waals surface area contributed by atoms with E-state index in [0.717, 1.165) is 0 Å². The number of rotatable bonds is 6. The number of ether oxygens (including phenoxy) is 1. The fourth-order valence-electron chi connectivity index (χ4n) is 0.864. The minimum Gasteiger partial charge on any atom is -0.481 e. The molecule has 3 N–H and O–H groups in total. The molecule has 0 spiro atoms. The van der Waals surface area contributed by atoms with Crippen molar-refractivity contribution in [3.63, 3.8) is 0 Å².